The van der Waals surface area contributed by atoms with E-state index in [1.54, 1.807) is 59.3 Å². The number of hydrogen-bond acceptors (Lipinski definition) is 6. The Morgan fingerprint density at radius 2 is 1.69 bits per heavy atom. The first-order valence-electron chi connectivity index (χ1n) is 13.2. The van der Waals surface area contributed by atoms with Crippen molar-refractivity contribution in [1.29, 1.82) is 0 Å². The Balaban J connectivity index is 1.73. The largest absolute Gasteiger partial charge is 0.494 e. The van der Waals surface area contributed by atoms with E-state index >= 15 is 0 Å². The predicted molar refractivity (Wildman–Crippen MR) is 159 cm³/mol. The molecule has 1 atom stereocenters. The topological polar surface area (TPSA) is 103 Å². The van der Waals surface area contributed by atoms with E-state index in [0.717, 1.165) is 5.56 Å². The van der Waals surface area contributed by atoms with E-state index in [2.05, 4.69) is 5.32 Å². The van der Waals surface area contributed by atoms with Crippen LogP contribution in [0.2, 0.25) is 10.0 Å². The van der Waals surface area contributed by atoms with E-state index in [-0.39, 0.29) is 17.2 Å². The molecule has 3 aromatic carbocycles. The SMILES string of the molecule is COC(=O)c1ccc(OC)c(-n2nc3c(c2C(C)C)C2(C(=O)Nc4cc(Cl)ccc42)N(c2cc(Cl)ccc2C)C3=O)c1. The Labute approximate surface area is 251 Å². The normalized spacial score (nSPS) is 17.1. The number of esters is 1. The first-order valence-corrected chi connectivity index (χ1v) is 13.9. The number of hydrogen-bond donors (Lipinski definition) is 1. The number of anilines is 2. The van der Waals surface area contributed by atoms with Crippen molar-refractivity contribution < 1.29 is 23.9 Å². The summed E-state index contributed by atoms with van der Waals surface area (Å²) in [6.45, 7) is 5.75. The van der Waals surface area contributed by atoms with Gasteiger partial charge in [0.25, 0.3) is 11.8 Å². The number of methoxy groups -OCH3 is 2. The second-order valence-electron chi connectivity index (χ2n) is 10.5. The van der Waals surface area contributed by atoms with E-state index in [1.165, 1.54) is 19.1 Å². The van der Waals surface area contributed by atoms with Crippen molar-refractivity contribution in [3.63, 3.8) is 0 Å². The third-order valence-electron chi connectivity index (χ3n) is 7.76. The molecule has 2 aliphatic heterocycles. The number of nitrogens with zero attached hydrogens (tertiary/aromatic N) is 3. The molecular formula is C31H26Cl2N4O5. The molecule has 0 bridgehead atoms. The van der Waals surface area contributed by atoms with Crippen molar-refractivity contribution in [1.82, 2.24) is 9.78 Å². The summed E-state index contributed by atoms with van der Waals surface area (Å²) < 4.78 is 12.2. The average molecular weight is 605 g/mol. The number of carbonyl (C=O) groups excluding carboxylic acids is 3. The number of aromatic nitrogens is 2. The van der Waals surface area contributed by atoms with Gasteiger partial charge >= 0.3 is 5.97 Å². The molecule has 2 aliphatic rings. The molecule has 4 aromatic rings. The molecule has 1 unspecified atom stereocenters. The molecule has 1 N–H and O–H groups in total. The molecule has 42 heavy (non-hydrogen) atoms. The Hall–Kier alpha value is -4.34. The van der Waals surface area contributed by atoms with Gasteiger partial charge in [-0.05, 0) is 60.9 Å². The molecule has 0 aliphatic carbocycles. The molecule has 1 aromatic heterocycles. The minimum absolute atomic E-state index is 0.0987. The molecule has 2 amide bonds. The van der Waals surface area contributed by atoms with E-state index in [9.17, 15) is 14.4 Å². The lowest BCUT2D eigenvalue weighted by molar-refractivity contribution is -0.119. The van der Waals surface area contributed by atoms with Crippen LogP contribution in [0.1, 0.15) is 63.0 Å². The average Bonchev–Trinajstić information content (AvgIpc) is 3.57. The third-order valence-corrected chi connectivity index (χ3v) is 8.23. The van der Waals surface area contributed by atoms with E-state index < -0.39 is 23.3 Å². The van der Waals surface area contributed by atoms with E-state index in [4.69, 9.17) is 37.8 Å². The highest BCUT2D eigenvalue weighted by atomic mass is 35.5. The highest BCUT2D eigenvalue weighted by molar-refractivity contribution is 6.32. The maximum atomic E-state index is 14.5. The Morgan fingerprint density at radius 1 is 0.976 bits per heavy atom. The lowest BCUT2D eigenvalue weighted by atomic mass is 9.81. The molecule has 3 heterocycles. The van der Waals surface area contributed by atoms with Crippen LogP contribution in [0.25, 0.3) is 5.69 Å². The maximum absolute atomic E-state index is 14.5. The third kappa shape index (κ3) is 3.77. The molecule has 214 valence electrons. The number of halogens is 2. The van der Waals surface area contributed by atoms with Crippen molar-refractivity contribution in [2.45, 2.75) is 32.2 Å². The minimum atomic E-state index is -1.62. The van der Waals surface area contributed by atoms with Gasteiger partial charge < -0.3 is 14.8 Å². The molecule has 9 nitrogen and oxygen atoms in total. The van der Waals surface area contributed by atoms with Crippen LogP contribution >= 0.6 is 23.2 Å². The molecule has 6 rings (SSSR count). The van der Waals surface area contributed by atoms with Crippen LogP contribution in [0, 0.1) is 6.92 Å². The summed E-state index contributed by atoms with van der Waals surface area (Å²) in [7, 11) is 2.80. The van der Waals surface area contributed by atoms with Crippen LogP contribution in [0.4, 0.5) is 11.4 Å². The Morgan fingerprint density at radius 3 is 2.38 bits per heavy atom. The lowest BCUT2D eigenvalue weighted by Gasteiger charge is -2.36. The molecule has 0 saturated carbocycles. The monoisotopic (exact) mass is 604 g/mol. The first-order chi connectivity index (χ1) is 20.0. The molecule has 0 saturated heterocycles. The van der Waals surface area contributed by atoms with Gasteiger partial charge in [-0.25, -0.2) is 9.48 Å². The van der Waals surface area contributed by atoms with Gasteiger partial charge in [-0.2, -0.15) is 5.10 Å². The fourth-order valence-electron chi connectivity index (χ4n) is 5.98. The first kappa shape index (κ1) is 27.8. The van der Waals surface area contributed by atoms with Crippen LogP contribution in [-0.4, -0.2) is 41.8 Å². The molecule has 1 spiro atoms. The van der Waals surface area contributed by atoms with Crippen molar-refractivity contribution >= 4 is 52.4 Å². The van der Waals surface area contributed by atoms with Crippen molar-refractivity contribution in [3.8, 4) is 11.4 Å². The summed E-state index contributed by atoms with van der Waals surface area (Å²) in [4.78, 5) is 42.8. The van der Waals surface area contributed by atoms with Crippen molar-refractivity contribution in [2.24, 2.45) is 0 Å². The van der Waals surface area contributed by atoms with Crippen molar-refractivity contribution in [3.05, 3.63) is 98.3 Å². The highest BCUT2D eigenvalue weighted by Crippen LogP contribution is 2.55. The zero-order valence-corrected chi connectivity index (χ0v) is 24.9. The lowest BCUT2D eigenvalue weighted by Crippen LogP contribution is -2.51. The van der Waals surface area contributed by atoms with Crippen LogP contribution in [-0.2, 0) is 15.1 Å². The van der Waals surface area contributed by atoms with Gasteiger partial charge in [0, 0.05) is 26.9 Å². The number of aryl methyl sites for hydroxylation is 1. The van der Waals surface area contributed by atoms with Gasteiger partial charge in [0.2, 0.25) is 0 Å². The second-order valence-corrected chi connectivity index (χ2v) is 11.4. The van der Waals surface area contributed by atoms with E-state index in [0.29, 0.717) is 49.7 Å². The summed E-state index contributed by atoms with van der Waals surface area (Å²) >= 11 is 12.8. The van der Waals surface area contributed by atoms with Gasteiger partial charge in [-0.1, -0.05) is 49.2 Å². The molecule has 0 radical (unpaired) electrons. The van der Waals surface area contributed by atoms with Gasteiger partial charge in [-0.3, -0.25) is 14.5 Å². The zero-order valence-electron chi connectivity index (χ0n) is 23.4. The van der Waals surface area contributed by atoms with Crippen LogP contribution in [0.5, 0.6) is 5.75 Å². The summed E-state index contributed by atoms with van der Waals surface area (Å²) in [5, 5.41) is 8.64. The minimum Gasteiger partial charge on any atom is -0.494 e. The molecule has 0 fully saturated rings. The summed E-state index contributed by atoms with van der Waals surface area (Å²) in [6.07, 6.45) is 0. The fourth-order valence-corrected chi connectivity index (χ4v) is 6.32. The quantitative estimate of drug-likeness (QED) is 0.270. The maximum Gasteiger partial charge on any atom is 0.337 e. The number of benzene rings is 3. The number of rotatable bonds is 5. The van der Waals surface area contributed by atoms with Crippen LogP contribution in [0.3, 0.4) is 0 Å². The van der Waals surface area contributed by atoms with Crippen molar-refractivity contribution in [2.75, 3.05) is 24.4 Å². The second kappa shape index (κ2) is 9.89. The van der Waals surface area contributed by atoms with Crippen LogP contribution < -0.4 is 15.0 Å². The standard InChI is InChI=1S/C31H26Cl2N4O5/c1-15(2)27-25-26(35-37(27)23-12-17(29(39)42-5)7-11-24(23)41-4)28(38)36(22-14-19(33)8-6-16(22)3)31(25)20-10-9-18(32)13-21(20)34-30(31)40/h6-15H,1-5H3,(H,34,40). The Kier molecular flexibility index (Phi) is 6.55. The van der Waals surface area contributed by atoms with Gasteiger partial charge in [-0.15, -0.1) is 0 Å². The van der Waals surface area contributed by atoms with Gasteiger partial charge in [0.1, 0.15) is 11.4 Å². The van der Waals surface area contributed by atoms with Gasteiger partial charge in [0.05, 0.1) is 31.2 Å². The smallest absolute Gasteiger partial charge is 0.337 e. The zero-order chi connectivity index (χ0) is 30.1. The number of amides is 2. The molecular weight excluding hydrogens is 579 g/mol. The number of ether oxygens (including phenoxy) is 2. The fraction of sp³-hybridized carbons (Fsp3) is 0.226. The summed E-state index contributed by atoms with van der Waals surface area (Å²) in [5.74, 6) is -1.26. The Bertz CT molecular complexity index is 1830. The van der Waals surface area contributed by atoms with Crippen LogP contribution in [0.15, 0.2) is 54.6 Å². The summed E-state index contributed by atoms with van der Waals surface area (Å²) in [5.41, 5.74) is 2.48. The number of nitrogens with one attached hydrogen (secondary N) is 1. The highest BCUT2D eigenvalue weighted by Gasteiger charge is 2.64. The molecule has 11 heteroatoms. The number of carbonyl (C=O) groups is 3. The predicted octanol–water partition coefficient (Wildman–Crippen LogP) is 6.26. The van der Waals surface area contributed by atoms with Gasteiger partial charge in [0.15, 0.2) is 11.2 Å². The van der Waals surface area contributed by atoms with E-state index in [1.807, 2.05) is 20.8 Å². The summed E-state index contributed by atoms with van der Waals surface area (Å²) in [6, 6.07) is 15.1. The number of fused-ring (bicyclic) bond motifs is 4.